The molecule has 31 heavy (non-hydrogen) atoms. The second-order valence-electron chi connectivity index (χ2n) is 8.91. The first-order valence-electron chi connectivity index (χ1n) is 11.2. The van der Waals surface area contributed by atoms with Crippen molar-refractivity contribution in [1.82, 2.24) is 0 Å². The maximum absolute atomic E-state index is 12.8. The highest BCUT2D eigenvalue weighted by atomic mass is 16.5. The molecule has 1 aliphatic heterocycles. The second kappa shape index (κ2) is 8.40. The van der Waals surface area contributed by atoms with Gasteiger partial charge in [-0.15, -0.1) is 0 Å². The molecule has 0 aromatic heterocycles. The minimum absolute atomic E-state index is 0.0911. The molecule has 2 unspecified atom stereocenters. The van der Waals surface area contributed by atoms with Gasteiger partial charge < -0.3 is 19.7 Å². The first-order chi connectivity index (χ1) is 14.9. The summed E-state index contributed by atoms with van der Waals surface area (Å²) in [5.41, 5.74) is 0.986. The molecule has 2 N–H and O–H groups in total. The van der Waals surface area contributed by atoms with Crippen LogP contribution >= 0.6 is 0 Å². The summed E-state index contributed by atoms with van der Waals surface area (Å²) in [5, 5.41) is 20.5. The van der Waals surface area contributed by atoms with Crippen molar-refractivity contribution in [2.24, 2.45) is 17.3 Å². The van der Waals surface area contributed by atoms with Gasteiger partial charge in [-0.3, -0.25) is 4.79 Å². The zero-order valence-corrected chi connectivity index (χ0v) is 18.1. The second-order valence-corrected chi connectivity index (χ2v) is 8.91. The van der Waals surface area contributed by atoms with Crippen molar-refractivity contribution in [3.63, 3.8) is 0 Å². The summed E-state index contributed by atoms with van der Waals surface area (Å²) in [6, 6.07) is 5.54. The van der Waals surface area contributed by atoms with Gasteiger partial charge in [0, 0.05) is 17.9 Å². The van der Waals surface area contributed by atoms with Crippen molar-refractivity contribution < 1.29 is 29.3 Å². The Bertz CT molecular complexity index is 953. The van der Waals surface area contributed by atoms with E-state index in [4.69, 9.17) is 9.47 Å². The van der Waals surface area contributed by atoms with Crippen molar-refractivity contribution in [2.75, 3.05) is 13.2 Å². The molecule has 0 amide bonds. The molecule has 4 rings (SSSR count). The molecule has 166 valence electrons. The number of carbonyl (C=O) groups is 2. The summed E-state index contributed by atoms with van der Waals surface area (Å²) in [4.78, 5) is 25.1. The van der Waals surface area contributed by atoms with Crippen LogP contribution in [0.5, 0.6) is 11.5 Å². The third-order valence-corrected chi connectivity index (χ3v) is 7.28. The van der Waals surface area contributed by atoms with Crippen LogP contribution in [0.1, 0.15) is 57.9 Å². The SMILES string of the molecule is CC1=C(C(=O)O)C(C)C(C(=O)O)(C2CCCCC2)C=C1c1ccc2c(c1)OCCCO2. The molecule has 1 fully saturated rings. The van der Waals surface area contributed by atoms with E-state index in [0.29, 0.717) is 35.9 Å². The Kier molecular flexibility index (Phi) is 5.82. The molecule has 3 aliphatic rings. The Morgan fingerprint density at radius 1 is 1.00 bits per heavy atom. The number of benzene rings is 1. The summed E-state index contributed by atoms with van der Waals surface area (Å²) in [6.07, 6.45) is 7.28. The number of ether oxygens (including phenoxy) is 2. The molecule has 1 aromatic carbocycles. The molecular weight excluding hydrogens is 396 g/mol. The van der Waals surface area contributed by atoms with Gasteiger partial charge in [0.2, 0.25) is 0 Å². The molecule has 1 saturated carbocycles. The fourth-order valence-corrected chi connectivity index (χ4v) is 5.63. The highest BCUT2D eigenvalue weighted by molar-refractivity contribution is 5.99. The molecular formula is C25H30O6. The van der Waals surface area contributed by atoms with E-state index in [1.165, 1.54) is 0 Å². The lowest BCUT2D eigenvalue weighted by atomic mass is 9.57. The lowest BCUT2D eigenvalue weighted by Crippen LogP contribution is -2.47. The Morgan fingerprint density at radius 2 is 1.68 bits per heavy atom. The molecule has 0 saturated heterocycles. The Labute approximate surface area is 182 Å². The number of allylic oxidation sites excluding steroid dienone is 2. The van der Waals surface area contributed by atoms with Crippen LogP contribution in [0, 0.1) is 17.3 Å². The first kappa shape index (κ1) is 21.5. The van der Waals surface area contributed by atoms with Crippen LogP contribution in [-0.2, 0) is 9.59 Å². The van der Waals surface area contributed by atoms with E-state index >= 15 is 0 Å². The standard InChI is InChI=1S/C25H30O6/c1-15-19(17-9-10-20-21(13-17)31-12-6-11-30-20)14-25(24(28)29,16(2)22(15)23(26)27)18-7-4-3-5-8-18/h9-10,13-14,16,18H,3-8,11-12H2,1-2H3,(H,26,27)(H,28,29). The molecule has 0 bridgehead atoms. The number of rotatable bonds is 4. The van der Waals surface area contributed by atoms with E-state index in [0.717, 1.165) is 44.1 Å². The topological polar surface area (TPSA) is 93.1 Å². The predicted octanol–water partition coefficient (Wildman–Crippen LogP) is 4.93. The minimum atomic E-state index is -1.24. The predicted molar refractivity (Wildman–Crippen MR) is 116 cm³/mol. The first-order valence-corrected chi connectivity index (χ1v) is 11.2. The minimum Gasteiger partial charge on any atom is -0.490 e. The third-order valence-electron chi connectivity index (χ3n) is 7.28. The maximum atomic E-state index is 12.8. The van der Waals surface area contributed by atoms with Gasteiger partial charge in [0.05, 0.1) is 18.6 Å². The number of carboxylic acids is 2. The summed E-state index contributed by atoms with van der Waals surface area (Å²) in [7, 11) is 0. The van der Waals surface area contributed by atoms with Crippen LogP contribution < -0.4 is 9.47 Å². The Hall–Kier alpha value is -2.76. The van der Waals surface area contributed by atoms with Gasteiger partial charge >= 0.3 is 11.9 Å². The number of hydrogen-bond donors (Lipinski definition) is 2. The molecule has 2 atom stereocenters. The molecule has 1 aromatic rings. The zero-order valence-electron chi connectivity index (χ0n) is 18.1. The Balaban J connectivity index is 1.90. The smallest absolute Gasteiger partial charge is 0.332 e. The maximum Gasteiger partial charge on any atom is 0.332 e. The molecule has 6 heteroatoms. The largest absolute Gasteiger partial charge is 0.490 e. The quantitative estimate of drug-likeness (QED) is 0.709. The van der Waals surface area contributed by atoms with Crippen LogP contribution in [0.4, 0.5) is 0 Å². The van der Waals surface area contributed by atoms with Gasteiger partial charge in [0.25, 0.3) is 0 Å². The number of hydrogen-bond acceptors (Lipinski definition) is 4. The van der Waals surface area contributed by atoms with E-state index in [2.05, 4.69) is 0 Å². The lowest BCUT2D eigenvalue weighted by Gasteiger charge is -2.45. The fraction of sp³-hybridized carbons (Fsp3) is 0.520. The number of carboxylic acid groups (broad SMARTS) is 2. The monoisotopic (exact) mass is 426 g/mol. The van der Waals surface area contributed by atoms with Gasteiger partial charge in [-0.2, -0.15) is 0 Å². The van der Waals surface area contributed by atoms with Crippen molar-refractivity contribution >= 4 is 17.5 Å². The van der Waals surface area contributed by atoms with Crippen molar-refractivity contribution in [1.29, 1.82) is 0 Å². The van der Waals surface area contributed by atoms with Gasteiger partial charge in [-0.05, 0) is 54.5 Å². The van der Waals surface area contributed by atoms with Crippen LogP contribution in [-0.4, -0.2) is 35.4 Å². The average molecular weight is 427 g/mol. The Morgan fingerprint density at radius 3 is 2.32 bits per heavy atom. The van der Waals surface area contributed by atoms with Gasteiger partial charge in [0.15, 0.2) is 11.5 Å². The van der Waals surface area contributed by atoms with Crippen LogP contribution in [0.15, 0.2) is 35.4 Å². The summed E-state index contributed by atoms with van der Waals surface area (Å²) < 4.78 is 11.5. The van der Waals surface area contributed by atoms with Crippen molar-refractivity contribution in [3.8, 4) is 11.5 Å². The van der Waals surface area contributed by atoms with E-state index in [1.807, 2.05) is 24.3 Å². The van der Waals surface area contributed by atoms with Crippen LogP contribution in [0.2, 0.25) is 0 Å². The van der Waals surface area contributed by atoms with E-state index in [9.17, 15) is 19.8 Å². The highest BCUT2D eigenvalue weighted by Crippen LogP contribution is 2.54. The number of fused-ring (bicyclic) bond motifs is 1. The summed E-state index contributed by atoms with van der Waals surface area (Å²) in [5.74, 6) is -1.43. The van der Waals surface area contributed by atoms with Crippen molar-refractivity contribution in [3.05, 3.63) is 41.0 Å². The molecule has 1 heterocycles. The van der Waals surface area contributed by atoms with E-state index in [-0.39, 0.29) is 11.5 Å². The summed E-state index contributed by atoms with van der Waals surface area (Å²) >= 11 is 0. The zero-order chi connectivity index (χ0) is 22.2. The lowest BCUT2D eigenvalue weighted by molar-refractivity contribution is -0.153. The van der Waals surface area contributed by atoms with Crippen LogP contribution in [0.25, 0.3) is 5.57 Å². The average Bonchev–Trinajstić information content (AvgIpc) is 2.99. The van der Waals surface area contributed by atoms with Gasteiger partial charge in [-0.1, -0.05) is 38.3 Å². The highest BCUT2D eigenvalue weighted by Gasteiger charge is 2.53. The molecule has 0 spiro atoms. The molecule has 6 nitrogen and oxygen atoms in total. The van der Waals surface area contributed by atoms with Crippen molar-refractivity contribution in [2.45, 2.75) is 52.4 Å². The molecule has 2 aliphatic carbocycles. The van der Waals surface area contributed by atoms with Crippen LogP contribution in [0.3, 0.4) is 0 Å². The molecule has 0 radical (unpaired) electrons. The van der Waals surface area contributed by atoms with E-state index < -0.39 is 23.3 Å². The number of aliphatic carboxylic acids is 2. The van der Waals surface area contributed by atoms with E-state index in [1.54, 1.807) is 13.8 Å². The summed E-state index contributed by atoms with van der Waals surface area (Å²) in [6.45, 7) is 4.67. The normalized spacial score (nSPS) is 26.8. The van der Waals surface area contributed by atoms with Gasteiger partial charge in [0.1, 0.15) is 0 Å². The fourth-order valence-electron chi connectivity index (χ4n) is 5.63. The van der Waals surface area contributed by atoms with Gasteiger partial charge in [-0.25, -0.2) is 4.79 Å². The third kappa shape index (κ3) is 3.62.